The monoisotopic (exact) mass is 258 g/mol. The number of hydrogen-bond acceptors (Lipinski definition) is 2. The maximum atomic E-state index is 5.33. The van der Waals surface area contributed by atoms with Crippen molar-refractivity contribution in [1.29, 1.82) is 0 Å². The highest BCUT2D eigenvalue weighted by Gasteiger charge is 2.07. The average molecular weight is 258 g/mol. The molecule has 1 N–H and O–H groups in total. The molecule has 18 heavy (non-hydrogen) atoms. The molecule has 1 aromatic carbocycles. The quantitative estimate of drug-likeness (QED) is 0.814. The smallest absolute Gasteiger partial charge is 0.133 e. The first-order valence-electron chi connectivity index (χ1n) is 6.19. The van der Waals surface area contributed by atoms with E-state index in [0.717, 1.165) is 23.5 Å². The molecule has 0 aliphatic heterocycles. The summed E-state index contributed by atoms with van der Waals surface area (Å²) in [5.74, 6) is 0.944. The number of H-pyrrole nitrogens is 1. The molecule has 0 bridgehead atoms. The summed E-state index contributed by atoms with van der Waals surface area (Å²) in [6.07, 6.45) is 0.863. The molecule has 2 nitrogen and oxygen atoms in total. The van der Waals surface area contributed by atoms with Gasteiger partial charge in [-0.1, -0.05) is 36.3 Å². The lowest BCUT2D eigenvalue weighted by molar-refractivity contribution is 0.926. The molecule has 0 aliphatic carbocycles. The minimum Gasteiger partial charge on any atom is -0.343 e. The van der Waals surface area contributed by atoms with E-state index < -0.39 is 0 Å². The predicted octanol–water partition coefficient (Wildman–Crippen LogP) is 4.29. The lowest BCUT2D eigenvalue weighted by atomic mass is 10.0. The van der Waals surface area contributed by atoms with Gasteiger partial charge in [0.15, 0.2) is 0 Å². The van der Waals surface area contributed by atoms with Crippen molar-refractivity contribution in [1.82, 2.24) is 9.97 Å². The lowest BCUT2D eigenvalue weighted by Gasteiger charge is -2.10. The van der Waals surface area contributed by atoms with E-state index in [1.807, 2.05) is 6.92 Å². The minimum atomic E-state index is 0.694. The summed E-state index contributed by atoms with van der Waals surface area (Å²) in [7, 11) is 0. The van der Waals surface area contributed by atoms with Crippen LogP contribution in [-0.4, -0.2) is 9.97 Å². The molecule has 2 aromatic rings. The molecular formula is C15H18N2S. The Hall–Kier alpha value is -1.48. The Morgan fingerprint density at radius 3 is 2.28 bits per heavy atom. The van der Waals surface area contributed by atoms with Gasteiger partial charge in [-0.05, 0) is 38.5 Å². The predicted molar refractivity (Wildman–Crippen MR) is 78.4 cm³/mol. The summed E-state index contributed by atoms with van der Waals surface area (Å²) >= 11 is 5.33. The average Bonchev–Trinajstić information content (AvgIpc) is 2.31. The first-order chi connectivity index (χ1) is 8.51. The molecule has 1 aromatic heterocycles. The van der Waals surface area contributed by atoms with Crippen LogP contribution in [0.5, 0.6) is 0 Å². The Balaban J connectivity index is 2.69. The lowest BCUT2D eigenvalue weighted by Crippen LogP contribution is -1.99. The molecule has 0 fully saturated rings. The van der Waals surface area contributed by atoms with Gasteiger partial charge in [0.2, 0.25) is 0 Å². The highest BCUT2D eigenvalue weighted by atomic mass is 32.1. The van der Waals surface area contributed by atoms with Crippen molar-refractivity contribution in [2.75, 3.05) is 0 Å². The van der Waals surface area contributed by atoms with Crippen LogP contribution in [0.4, 0.5) is 0 Å². The van der Waals surface area contributed by atoms with Crippen LogP contribution >= 0.6 is 12.2 Å². The van der Waals surface area contributed by atoms with Crippen LogP contribution in [0, 0.1) is 25.4 Å². The Morgan fingerprint density at radius 1 is 1.11 bits per heavy atom. The van der Waals surface area contributed by atoms with Gasteiger partial charge in [-0.15, -0.1) is 0 Å². The minimum absolute atomic E-state index is 0.694. The maximum absolute atomic E-state index is 5.33. The third kappa shape index (κ3) is 2.51. The van der Waals surface area contributed by atoms with Crippen molar-refractivity contribution >= 4 is 12.2 Å². The zero-order valence-corrected chi connectivity index (χ0v) is 12.1. The van der Waals surface area contributed by atoms with Crippen LogP contribution in [-0.2, 0) is 6.42 Å². The van der Waals surface area contributed by atoms with Crippen molar-refractivity contribution in [2.45, 2.75) is 34.1 Å². The number of hydrogen-bond donors (Lipinski definition) is 1. The zero-order chi connectivity index (χ0) is 13.3. The third-order valence-corrected chi connectivity index (χ3v) is 3.44. The van der Waals surface area contributed by atoms with Crippen molar-refractivity contribution in [3.63, 3.8) is 0 Å². The molecule has 2 rings (SSSR count). The molecule has 0 atom stereocenters. The second kappa shape index (κ2) is 5.02. The van der Waals surface area contributed by atoms with Gasteiger partial charge in [-0.25, -0.2) is 4.98 Å². The number of aryl methyl sites for hydroxylation is 3. The molecule has 0 saturated carbocycles. The summed E-state index contributed by atoms with van der Waals surface area (Å²) in [5, 5.41) is 0. The Labute approximate surface area is 113 Å². The van der Waals surface area contributed by atoms with E-state index in [1.54, 1.807) is 0 Å². The fourth-order valence-electron chi connectivity index (χ4n) is 2.15. The molecule has 0 saturated heterocycles. The van der Waals surface area contributed by atoms with E-state index in [9.17, 15) is 0 Å². The number of aromatic nitrogens is 2. The fraction of sp³-hybridized carbons (Fsp3) is 0.333. The largest absolute Gasteiger partial charge is 0.343 e. The van der Waals surface area contributed by atoms with E-state index in [1.165, 1.54) is 16.7 Å². The van der Waals surface area contributed by atoms with E-state index in [-0.39, 0.29) is 0 Å². The summed E-state index contributed by atoms with van der Waals surface area (Å²) in [6, 6.07) is 6.54. The number of benzene rings is 1. The normalized spacial score (nSPS) is 10.7. The van der Waals surface area contributed by atoms with E-state index in [4.69, 9.17) is 12.2 Å². The van der Waals surface area contributed by atoms with Gasteiger partial charge in [0, 0.05) is 12.0 Å². The van der Waals surface area contributed by atoms with Crippen molar-refractivity contribution in [3.8, 4) is 11.3 Å². The molecule has 0 spiro atoms. The molecule has 0 radical (unpaired) electrons. The van der Waals surface area contributed by atoms with E-state index >= 15 is 0 Å². The van der Waals surface area contributed by atoms with Crippen LogP contribution in [0.1, 0.15) is 29.4 Å². The van der Waals surface area contributed by atoms with Gasteiger partial charge in [-0.2, -0.15) is 0 Å². The zero-order valence-electron chi connectivity index (χ0n) is 11.3. The van der Waals surface area contributed by atoms with Crippen LogP contribution < -0.4 is 0 Å². The molecule has 1 heterocycles. The number of aromatic amines is 1. The van der Waals surface area contributed by atoms with Gasteiger partial charge < -0.3 is 4.98 Å². The van der Waals surface area contributed by atoms with Crippen molar-refractivity contribution < 1.29 is 0 Å². The molecular weight excluding hydrogens is 240 g/mol. The van der Waals surface area contributed by atoms with E-state index in [2.05, 4.69) is 48.9 Å². The Bertz CT molecular complexity index is 621. The second-order valence-electron chi connectivity index (χ2n) is 4.72. The maximum Gasteiger partial charge on any atom is 0.133 e. The first-order valence-corrected chi connectivity index (χ1v) is 6.60. The number of nitrogens with one attached hydrogen (secondary N) is 1. The molecule has 0 aliphatic rings. The molecule has 0 unspecified atom stereocenters. The third-order valence-electron chi connectivity index (χ3n) is 3.05. The SMILES string of the molecule is CCc1nc(=S)c(C)c(-c2cc(C)cc(C)c2)[nH]1. The second-order valence-corrected chi connectivity index (χ2v) is 5.11. The van der Waals surface area contributed by atoms with Gasteiger partial charge in [0.25, 0.3) is 0 Å². The van der Waals surface area contributed by atoms with Crippen LogP contribution in [0.25, 0.3) is 11.3 Å². The number of nitrogens with zero attached hydrogens (tertiary/aromatic N) is 1. The summed E-state index contributed by atoms with van der Waals surface area (Å²) in [4.78, 5) is 7.78. The highest BCUT2D eigenvalue weighted by molar-refractivity contribution is 7.71. The molecule has 3 heteroatoms. The molecule has 0 amide bonds. The fourth-order valence-corrected chi connectivity index (χ4v) is 2.37. The highest BCUT2D eigenvalue weighted by Crippen LogP contribution is 2.24. The Kier molecular flexibility index (Phi) is 3.62. The number of rotatable bonds is 2. The summed E-state index contributed by atoms with van der Waals surface area (Å²) in [5.41, 5.74) is 5.86. The summed E-state index contributed by atoms with van der Waals surface area (Å²) in [6.45, 7) is 8.33. The van der Waals surface area contributed by atoms with Gasteiger partial charge in [-0.3, -0.25) is 0 Å². The van der Waals surface area contributed by atoms with Crippen LogP contribution in [0.15, 0.2) is 18.2 Å². The topological polar surface area (TPSA) is 28.7 Å². The van der Waals surface area contributed by atoms with Crippen molar-refractivity contribution in [2.24, 2.45) is 0 Å². The van der Waals surface area contributed by atoms with Gasteiger partial charge in [0.1, 0.15) is 10.5 Å². The van der Waals surface area contributed by atoms with Crippen LogP contribution in [0.2, 0.25) is 0 Å². The summed E-state index contributed by atoms with van der Waals surface area (Å²) < 4.78 is 0.694. The van der Waals surface area contributed by atoms with Crippen molar-refractivity contribution in [3.05, 3.63) is 45.4 Å². The van der Waals surface area contributed by atoms with Gasteiger partial charge >= 0.3 is 0 Å². The molecule has 94 valence electrons. The first kappa shape index (κ1) is 13.0. The standard InChI is InChI=1S/C15H18N2S/c1-5-13-16-14(11(4)15(18)17-13)12-7-9(2)6-10(3)8-12/h6-8H,5H2,1-4H3,(H,16,17,18). The van der Waals surface area contributed by atoms with E-state index in [0.29, 0.717) is 4.64 Å². The van der Waals surface area contributed by atoms with Crippen LogP contribution in [0.3, 0.4) is 0 Å². The van der Waals surface area contributed by atoms with Gasteiger partial charge in [0.05, 0.1) is 5.69 Å². The Morgan fingerprint density at radius 2 is 1.72 bits per heavy atom.